The molecule has 0 unspecified atom stereocenters. The minimum atomic E-state index is -0.442. The highest BCUT2D eigenvalue weighted by Crippen LogP contribution is 2.19. The first-order chi connectivity index (χ1) is 17.4. The van der Waals surface area contributed by atoms with E-state index in [0.717, 1.165) is 44.9 Å². The molecule has 0 N–H and O–H groups in total. The lowest BCUT2D eigenvalue weighted by molar-refractivity contribution is -0.207. The van der Waals surface area contributed by atoms with E-state index in [1.165, 1.54) is 5.56 Å². The van der Waals surface area contributed by atoms with Crippen LogP contribution in [0.4, 0.5) is 0 Å². The van der Waals surface area contributed by atoms with Crippen LogP contribution in [0.15, 0.2) is 24.3 Å². The van der Waals surface area contributed by atoms with Crippen LogP contribution in [-0.4, -0.2) is 29.7 Å². The van der Waals surface area contributed by atoms with Crippen molar-refractivity contribution in [1.82, 2.24) is 0 Å². The lowest BCUT2D eigenvalue weighted by atomic mass is 9.90. The third-order valence-corrected chi connectivity index (χ3v) is 6.71. The van der Waals surface area contributed by atoms with Crippen molar-refractivity contribution in [1.29, 1.82) is 0 Å². The molecule has 0 amide bonds. The van der Waals surface area contributed by atoms with Crippen molar-refractivity contribution in [3.05, 3.63) is 29.8 Å². The lowest BCUT2D eigenvalue weighted by Gasteiger charge is -2.13. The smallest absolute Gasteiger partial charge is 0.165 e. The van der Waals surface area contributed by atoms with Crippen LogP contribution in [0, 0.1) is 11.8 Å². The molecular formula is C30H46O6. The topological polar surface area (TPSA) is 86.7 Å². The Kier molecular flexibility index (Phi) is 16.6. The molecule has 0 atom stereocenters. The Bertz CT molecular complexity index is 766. The SMILES string of the molecule is CCC(=O)C(CCCCCOOc1ccc(CCCCCC(C(=O)CC)C(=O)CC)cc1)C(=O)CC. The van der Waals surface area contributed by atoms with E-state index in [4.69, 9.17) is 9.78 Å². The van der Waals surface area contributed by atoms with Gasteiger partial charge in [-0.3, -0.25) is 19.2 Å². The summed E-state index contributed by atoms with van der Waals surface area (Å²) in [5.41, 5.74) is 1.21. The standard InChI is InChI=1S/C30H46O6/c1-5-27(31)25(28(32)6-2)16-12-9-11-15-23-18-20-24(21-19-23)36-35-22-14-10-13-17-26(29(33)7-3)30(34)8-4/h18-21,25-26H,5-17,22H2,1-4H3. The Hall–Kier alpha value is -2.34. The van der Waals surface area contributed by atoms with Gasteiger partial charge < -0.3 is 4.89 Å². The fourth-order valence-electron chi connectivity index (χ4n) is 4.35. The lowest BCUT2D eigenvalue weighted by Crippen LogP contribution is -2.23. The van der Waals surface area contributed by atoms with Crippen LogP contribution in [0.25, 0.3) is 0 Å². The number of carbonyl (C=O) groups is 4. The average molecular weight is 503 g/mol. The molecular weight excluding hydrogens is 456 g/mol. The van der Waals surface area contributed by atoms with Gasteiger partial charge in [-0.05, 0) is 49.8 Å². The zero-order chi connectivity index (χ0) is 26.8. The second-order valence-corrected chi connectivity index (χ2v) is 9.38. The maximum absolute atomic E-state index is 12.0. The molecule has 0 saturated heterocycles. The summed E-state index contributed by atoms with van der Waals surface area (Å²) in [4.78, 5) is 58.6. The van der Waals surface area contributed by atoms with Gasteiger partial charge in [-0.15, -0.1) is 0 Å². The quantitative estimate of drug-likeness (QED) is 0.0749. The fraction of sp³-hybridized carbons (Fsp3) is 0.667. The number of unbranched alkanes of at least 4 members (excludes halogenated alkanes) is 4. The Morgan fingerprint density at radius 1 is 0.611 bits per heavy atom. The Morgan fingerprint density at radius 2 is 1.06 bits per heavy atom. The van der Waals surface area contributed by atoms with Gasteiger partial charge in [-0.1, -0.05) is 65.5 Å². The third kappa shape index (κ3) is 12.1. The van der Waals surface area contributed by atoms with Crippen LogP contribution in [0.1, 0.15) is 110 Å². The van der Waals surface area contributed by atoms with Crippen molar-refractivity contribution in [2.75, 3.05) is 6.61 Å². The van der Waals surface area contributed by atoms with Gasteiger partial charge in [0.2, 0.25) is 0 Å². The van der Waals surface area contributed by atoms with Gasteiger partial charge in [-0.2, -0.15) is 4.89 Å². The number of Topliss-reactive ketones (excluding diaryl/α,β-unsaturated/α-hetero) is 4. The van der Waals surface area contributed by atoms with Gasteiger partial charge in [0.05, 0.1) is 18.4 Å². The summed E-state index contributed by atoms with van der Waals surface area (Å²) in [5.74, 6) is 0.0308. The molecule has 0 aliphatic heterocycles. The molecule has 0 radical (unpaired) electrons. The fourth-order valence-corrected chi connectivity index (χ4v) is 4.35. The number of ketones is 4. The van der Waals surface area contributed by atoms with Crippen LogP contribution in [0.2, 0.25) is 0 Å². The van der Waals surface area contributed by atoms with E-state index < -0.39 is 11.8 Å². The molecule has 36 heavy (non-hydrogen) atoms. The number of benzene rings is 1. The zero-order valence-electron chi connectivity index (χ0n) is 22.8. The van der Waals surface area contributed by atoms with Gasteiger partial charge in [-0.25, -0.2) is 0 Å². The number of aryl methyl sites for hydroxylation is 1. The summed E-state index contributed by atoms with van der Waals surface area (Å²) in [6.45, 7) is 7.72. The highest BCUT2D eigenvalue weighted by Gasteiger charge is 2.23. The first-order valence-corrected chi connectivity index (χ1v) is 13.9. The molecule has 0 bridgehead atoms. The summed E-state index contributed by atoms with van der Waals surface area (Å²) < 4.78 is 0. The van der Waals surface area contributed by atoms with Crippen molar-refractivity contribution >= 4 is 23.1 Å². The number of rotatable bonds is 22. The van der Waals surface area contributed by atoms with Crippen LogP contribution in [-0.2, 0) is 30.5 Å². The van der Waals surface area contributed by atoms with Gasteiger partial charge in [0.15, 0.2) is 5.75 Å². The monoisotopic (exact) mass is 502 g/mol. The summed E-state index contributed by atoms with van der Waals surface area (Å²) in [7, 11) is 0. The van der Waals surface area contributed by atoms with E-state index in [9.17, 15) is 19.2 Å². The van der Waals surface area contributed by atoms with Gasteiger partial charge in [0, 0.05) is 25.7 Å². The highest BCUT2D eigenvalue weighted by molar-refractivity contribution is 6.02. The van der Waals surface area contributed by atoms with Gasteiger partial charge >= 0.3 is 0 Å². The number of hydrogen-bond donors (Lipinski definition) is 0. The van der Waals surface area contributed by atoms with E-state index in [1.54, 1.807) is 0 Å². The van der Waals surface area contributed by atoms with E-state index in [2.05, 4.69) is 0 Å². The maximum atomic E-state index is 12.0. The molecule has 1 aromatic rings. The Morgan fingerprint density at radius 3 is 1.50 bits per heavy atom. The average Bonchev–Trinajstić information content (AvgIpc) is 2.91. The van der Waals surface area contributed by atoms with Gasteiger partial charge in [0.25, 0.3) is 0 Å². The third-order valence-electron chi connectivity index (χ3n) is 6.71. The second-order valence-electron chi connectivity index (χ2n) is 9.38. The summed E-state index contributed by atoms with van der Waals surface area (Å²) >= 11 is 0. The largest absolute Gasteiger partial charge is 0.338 e. The van der Waals surface area contributed by atoms with Crippen molar-refractivity contribution < 1.29 is 29.0 Å². The van der Waals surface area contributed by atoms with E-state index >= 15 is 0 Å². The molecule has 0 fully saturated rings. The normalized spacial score (nSPS) is 11.2. The molecule has 0 spiro atoms. The van der Waals surface area contributed by atoms with Crippen molar-refractivity contribution in [3.63, 3.8) is 0 Å². The Labute approximate surface area is 217 Å². The molecule has 6 heteroatoms. The van der Waals surface area contributed by atoms with Crippen molar-refractivity contribution in [2.45, 2.75) is 111 Å². The van der Waals surface area contributed by atoms with E-state index in [-0.39, 0.29) is 23.1 Å². The molecule has 0 aliphatic rings. The molecule has 6 nitrogen and oxygen atoms in total. The summed E-state index contributed by atoms with van der Waals surface area (Å²) in [6, 6.07) is 7.84. The van der Waals surface area contributed by atoms with Crippen LogP contribution < -0.4 is 4.89 Å². The van der Waals surface area contributed by atoms with Crippen LogP contribution in [0.3, 0.4) is 0 Å². The van der Waals surface area contributed by atoms with Crippen LogP contribution in [0.5, 0.6) is 5.75 Å². The minimum Gasteiger partial charge on any atom is -0.338 e. The van der Waals surface area contributed by atoms with Gasteiger partial charge in [0.1, 0.15) is 23.1 Å². The summed E-state index contributed by atoms with van der Waals surface area (Å²) in [5, 5.41) is 0. The van der Waals surface area contributed by atoms with E-state index in [1.807, 2.05) is 52.0 Å². The zero-order valence-corrected chi connectivity index (χ0v) is 22.8. The predicted octanol–water partition coefficient (Wildman–Crippen LogP) is 6.81. The first-order valence-electron chi connectivity index (χ1n) is 13.9. The van der Waals surface area contributed by atoms with Crippen molar-refractivity contribution in [2.24, 2.45) is 11.8 Å². The molecule has 0 aromatic heterocycles. The second kappa shape index (κ2) is 18.9. The number of hydrogen-bond acceptors (Lipinski definition) is 6. The van der Waals surface area contributed by atoms with Crippen LogP contribution >= 0.6 is 0 Å². The molecule has 1 aromatic carbocycles. The predicted molar refractivity (Wildman–Crippen MR) is 142 cm³/mol. The molecule has 1 rings (SSSR count). The Balaban J connectivity index is 2.21. The number of carbonyl (C=O) groups excluding carboxylic acids is 4. The molecule has 202 valence electrons. The highest BCUT2D eigenvalue weighted by atomic mass is 17.2. The molecule has 0 aliphatic carbocycles. The molecule has 0 heterocycles. The van der Waals surface area contributed by atoms with E-state index in [0.29, 0.717) is 50.9 Å². The van der Waals surface area contributed by atoms with Crippen molar-refractivity contribution in [3.8, 4) is 5.75 Å². The molecule has 0 saturated carbocycles. The maximum Gasteiger partial charge on any atom is 0.165 e. The first kappa shape index (κ1) is 31.7. The minimum absolute atomic E-state index is 0.0467. The summed E-state index contributed by atoms with van der Waals surface area (Å²) in [6.07, 6.45) is 9.31.